The Bertz CT molecular complexity index is 374. The fraction of sp³-hybridized carbons (Fsp3) is 0.538. The van der Waals surface area contributed by atoms with E-state index in [1.807, 2.05) is 24.3 Å². The third kappa shape index (κ3) is 1.39. The Morgan fingerprint density at radius 1 is 0.933 bits per heavy atom. The van der Waals surface area contributed by atoms with E-state index in [-0.39, 0.29) is 5.54 Å². The zero-order valence-electron chi connectivity index (χ0n) is 8.80. The summed E-state index contributed by atoms with van der Waals surface area (Å²) in [5, 5.41) is 0. The lowest BCUT2D eigenvalue weighted by molar-refractivity contribution is 0.0609. The molecule has 0 aliphatic heterocycles. The van der Waals surface area contributed by atoms with Crippen LogP contribution in [-0.2, 0) is 11.2 Å². The number of hydrogen-bond donors (Lipinski definition) is 1. The van der Waals surface area contributed by atoms with Gasteiger partial charge in [-0.1, -0.05) is 24.3 Å². The zero-order chi connectivity index (χ0) is 10.5. The van der Waals surface area contributed by atoms with Gasteiger partial charge in [0, 0.05) is 5.54 Å². The SMILES string of the molecule is NC1(c2ccc(C3(F)CCC3)cc2)CC1. The molecule has 0 bridgehead atoms. The van der Waals surface area contributed by atoms with E-state index in [9.17, 15) is 4.39 Å². The molecular formula is C13H16FN. The van der Waals surface area contributed by atoms with Gasteiger partial charge >= 0.3 is 0 Å². The molecule has 2 saturated carbocycles. The summed E-state index contributed by atoms with van der Waals surface area (Å²) < 4.78 is 14.1. The second-order valence-corrected chi connectivity index (χ2v) is 5.05. The summed E-state index contributed by atoms with van der Waals surface area (Å²) in [6.45, 7) is 0. The number of hydrogen-bond acceptors (Lipinski definition) is 1. The molecule has 0 spiro atoms. The third-order valence-electron chi connectivity index (χ3n) is 3.91. The molecule has 0 atom stereocenters. The molecule has 1 aromatic rings. The number of rotatable bonds is 2. The van der Waals surface area contributed by atoms with Crippen molar-refractivity contribution in [2.24, 2.45) is 5.73 Å². The topological polar surface area (TPSA) is 26.0 Å². The van der Waals surface area contributed by atoms with Gasteiger partial charge in [0.05, 0.1) is 0 Å². The van der Waals surface area contributed by atoms with E-state index in [1.165, 1.54) is 0 Å². The molecule has 15 heavy (non-hydrogen) atoms. The van der Waals surface area contributed by atoms with Gasteiger partial charge in [-0.15, -0.1) is 0 Å². The van der Waals surface area contributed by atoms with Crippen LogP contribution in [0.4, 0.5) is 4.39 Å². The van der Waals surface area contributed by atoms with Gasteiger partial charge < -0.3 is 5.73 Å². The average Bonchev–Trinajstić information content (AvgIpc) is 2.95. The molecular weight excluding hydrogens is 189 g/mol. The van der Waals surface area contributed by atoms with Crippen LogP contribution < -0.4 is 5.73 Å². The largest absolute Gasteiger partial charge is 0.321 e. The van der Waals surface area contributed by atoms with Gasteiger partial charge in [-0.2, -0.15) is 0 Å². The van der Waals surface area contributed by atoms with Crippen LogP contribution in [-0.4, -0.2) is 0 Å². The lowest BCUT2D eigenvalue weighted by Crippen LogP contribution is -2.28. The maximum atomic E-state index is 14.1. The van der Waals surface area contributed by atoms with Crippen LogP contribution in [0.5, 0.6) is 0 Å². The second-order valence-electron chi connectivity index (χ2n) is 5.05. The second kappa shape index (κ2) is 2.82. The van der Waals surface area contributed by atoms with E-state index in [0.717, 1.165) is 30.4 Å². The Labute approximate surface area is 89.5 Å². The highest BCUT2D eigenvalue weighted by atomic mass is 19.1. The van der Waals surface area contributed by atoms with Crippen molar-refractivity contribution in [1.82, 2.24) is 0 Å². The summed E-state index contributed by atoms with van der Waals surface area (Å²) in [7, 11) is 0. The molecule has 80 valence electrons. The highest BCUT2D eigenvalue weighted by Crippen LogP contribution is 2.47. The summed E-state index contributed by atoms with van der Waals surface area (Å²) in [5.41, 5.74) is 6.94. The lowest BCUT2D eigenvalue weighted by atomic mass is 9.76. The summed E-state index contributed by atoms with van der Waals surface area (Å²) >= 11 is 0. The van der Waals surface area contributed by atoms with Crippen molar-refractivity contribution in [2.75, 3.05) is 0 Å². The molecule has 0 aromatic heterocycles. The standard InChI is InChI=1S/C13H16FN/c14-12(6-1-7-12)10-2-4-11(5-3-10)13(15)8-9-13/h2-5H,1,6-9,15H2. The van der Waals surface area contributed by atoms with Gasteiger partial charge in [0.1, 0.15) is 5.67 Å². The van der Waals surface area contributed by atoms with Crippen LogP contribution in [0.2, 0.25) is 0 Å². The Morgan fingerprint density at radius 2 is 1.47 bits per heavy atom. The molecule has 0 saturated heterocycles. The van der Waals surface area contributed by atoms with Crippen LogP contribution in [0.1, 0.15) is 43.2 Å². The Morgan fingerprint density at radius 3 is 1.87 bits per heavy atom. The number of nitrogens with two attached hydrogens (primary N) is 1. The fourth-order valence-corrected chi connectivity index (χ4v) is 2.30. The highest BCUT2D eigenvalue weighted by Gasteiger charge is 2.41. The Kier molecular flexibility index (Phi) is 1.76. The van der Waals surface area contributed by atoms with Crippen molar-refractivity contribution < 1.29 is 4.39 Å². The van der Waals surface area contributed by atoms with Gasteiger partial charge in [0.25, 0.3) is 0 Å². The smallest absolute Gasteiger partial charge is 0.136 e. The minimum Gasteiger partial charge on any atom is -0.321 e. The fourth-order valence-electron chi connectivity index (χ4n) is 2.30. The molecule has 2 heteroatoms. The first-order valence-corrected chi connectivity index (χ1v) is 5.71. The summed E-state index contributed by atoms with van der Waals surface area (Å²) in [5.74, 6) is 0. The molecule has 2 fully saturated rings. The minimum atomic E-state index is -1.04. The average molecular weight is 205 g/mol. The van der Waals surface area contributed by atoms with Crippen LogP contribution in [0, 0.1) is 0 Å². The quantitative estimate of drug-likeness (QED) is 0.789. The van der Waals surface area contributed by atoms with Gasteiger partial charge in [-0.05, 0) is 43.2 Å². The first kappa shape index (κ1) is 9.34. The maximum absolute atomic E-state index is 14.1. The van der Waals surface area contributed by atoms with E-state index in [4.69, 9.17) is 5.73 Å². The Hall–Kier alpha value is -0.890. The molecule has 0 unspecified atom stereocenters. The van der Waals surface area contributed by atoms with Gasteiger partial charge in [-0.25, -0.2) is 4.39 Å². The van der Waals surface area contributed by atoms with E-state index >= 15 is 0 Å². The first-order valence-electron chi connectivity index (χ1n) is 5.71. The molecule has 3 rings (SSSR count). The molecule has 1 nitrogen and oxygen atoms in total. The predicted octanol–water partition coefficient (Wildman–Crippen LogP) is 2.98. The van der Waals surface area contributed by atoms with Crippen LogP contribution in [0.3, 0.4) is 0 Å². The van der Waals surface area contributed by atoms with E-state index < -0.39 is 5.67 Å². The molecule has 0 radical (unpaired) electrons. The Balaban J connectivity index is 1.87. The maximum Gasteiger partial charge on any atom is 0.136 e. The number of halogens is 1. The van der Waals surface area contributed by atoms with Crippen molar-refractivity contribution in [2.45, 2.75) is 43.3 Å². The molecule has 2 aliphatic carbocycles. The van der Waals surface area contributed by atoms with Crippen LogP contribution in [0.25, 0.3) is 0 Å². The third-order valence-corrected chi connectivity index (χ3v) is 3.91. The van der Waals surface area contributed by atoms with E-state index in [2.05, 4.69) is 0 Å². The van der Waals surface area contributed by atoms with Gasteiger partial charge in [0.15, 0.2) is 0 Å². The van der Waals surface area contributed by atoms with Gasteiger partial charge in [0.2, 0.25) is 0 Å². The van der Waals surface area contributed by atoms with Crippen LogP contribution in [0.15, 0.2) is 24.3 Å². The van der Waals surface area contributed by atoms with Crippen molar-refractivity contribution in [3.8, 4) is 0 Å². The molecule has 2 N–H and O–H groups in total. The van der Waals surface area contributed by atoms with E-state index in [0.29, 0.717) is 12.8 Å². The molecule has 1 aromatic carbocycles. The number of alkyl halides is 1. The molecule has 2 aliphatic rings. The molecule has 0 heterocycles. The summed E-state index contributed by atoms with van der Waals surface area (Å²) in [6, 6.07) is 7.84. The van der Waals surface area contributed by atoms with Crippen molar-refractivity contribution >= 4 is 0 Å². The zero-order valence-corrected chi connectivity index (χ0v) is 8.80. The predicted molar refractivity (Wildman–Crippen MR) is 58.2 cm³/mol. The highest BCUT2D eigenvalue weighted by molar-refractivity contribution is 5.35. The van der Waals surface area contributed by atoms with Gasteiger partial charge in [-0.3, -0.25) is 0 Å². The monoisotopic (exact) mass is 205 g/mol. The summed E-state index contributed by atoms with van der Waals surface area (Å²) in [4.78, 5) is 0. The van der Waals surface area contributed by atoms with Crippen LogP contribution >= 0.6 is 0 Å². The normalized spacial score (nSPS) is 25.7. The molecule has 0 amide bonds. The number of benzene rings is 1. The van der Waals surface area contributed by atoms with Crippen molar-refractivity contribution in [3.63, 3.8) is 0 Å². The lowest BCUT2D eigenvalue weighted by Gasteiger charge is -2.34. The van der Waals surface area contributed by atoms with Crippen molar-refractivity contribution in [3.05, 3.63) is 35.4 Å². The summed E-state index contributed by atoms with van der Waals surface area (Å²) in [6.07, 6.45) is 4.50. The van der Waals surface area contributed by atoms with E-state index in [1.54, 1.807) is 0 Å². The minimum absolute atomic E-state index is 0.0956. The van der Waals surface area contributed by atoms with Crippen molar-refractivity contribution in [1.29, 1.82) is 0 Å². The first-order chi connectivity index (χ1) is 7.12.